The number of carbonyl (C=O) groups is 2. The average molecular weight is 355 g/mol. The van der Waals surface area contributed by atoms with E-state index in [0.717, 1.165) is 17.5 Å². The number of benzene rings is 1. The van der Waals surface area contributed by atoms with Crippen LogP contribution in [0.25, 0.3) is 0 Å². The first-order valence-corrected chi connectivity index (χ1v) is 8.68. The maximum atomic E-state index is 12.8. The van der Waals surface area contributed by atoms with E-state index in [1.165, 1.54) is 6.39 Å². The predicted octanol–water partition coefficient (Wildman–Crippen LogP) is 1.48. The quantitative estimate of drug-likeness (QED) is 0.846. The lowest BCUT2D eigenvalue weighted by molar-refractivity contribution is -0.130. The number of nitrogens with two attached hydrogens (primary N) is 1. The van der Waals surface area contributed by atoms with Crippen molar-refractivity contribution in [3.63, 3.8) is 0 Å². The van der Waals surface area contributed by atoms with E-state index >= 15 is 0 Å². The molecular weight excluding hydrogens is 334 g/mol. The van der Waals surface area contributed by atoms with Crippen molar-refractivity contribution in [1.82, 2.24) is 9.88 Å². The van der Waals surface area contributed by atoms with Gasteiger partial charge in [-0.25, -0.2) is 4.98 Å². The Balaban J connectivity index is 1.47. The third-order valence-corrected chi connectivity index (χ3v) is 5.41. The highest BCUT2D eigenvalue weighted by molar-refractivity contribution is 5.92. The van der Waals surface area contributed by atoms with Gasteiger partial charge in [-0.1, -0.05) is 24.3 Å². The Morgan fingerprint density at radius 1 is 1.38 bits per heavy atom. The number of ether oxygens (including phenoxy) is 1. The molecule has 3 unspecified atom stereocenters. The van der Waals surface area contributed by atoms with Crippen LogP contribution in [0.3, 0.4) is 0 Å². The zero-order valence-electron chi connectivity index (χ0n) is 14.6. The van der Waals surface area contributed by atoms with Crippen LogP contribution in [0, 0.1) is 5.92 Å². The van der Waals surface area contributed by atoms with Crippen LogP contribution in [0.1, 0.15) is 39.7 Å². The smallest absolute Gasteiger partial charge is 0.270 e. The van der Waals surface area contributed by atoms with E-state index in [-0.39, 0.29) is 23.6 Å². The van der Waals surface area contributed by atoms with Gasteiger partial charge in [-0.2, -0.15) is 0 Å². The molecule has 2 amide bonds. The summed E-state index contributed by atoms with van der Waals surface area (Å²) in [5, 5.41) is 0. The summed E-state index contributed by atoms with van der Waals surface area (Å²) >= 11 is 0. The van der Waals surface area contributed by atoms with E-state index in [1.807, 2.05) is 29.2 Å². The first-order valence-electron chi connectivity index (χ1n) is 8.68. The number of hydrogen-bond acceptors (Lipinski definition) is 5. The van der Waals surface area contributed by atoms with Crippen molar-refractivity contribution in [3.8, 4) is 0 Å². The lowest BCUT2D eigenvalue weighted by atomic mass is 9.72. The summed E-state index contributed by atoms with van der Waals surface area (Å²) < 4.78 is 10.6. The predicted molar refractivity (Wildman–Crippen MR) is 92.2 cm³/mol. The van der Waals surface area contributed by atoms with Gasteiger partial charge in [0, 0.05) is 25.6 Å². The highest BCUT2D eigenvalue weighted by atomic mass is 16.5. The molecule has 3 heterocycles. The van der Waals surface area contributed by atoms with Gasteiger partial charge in [0.2, 0.25) is 5.91 Å². The molecule has 1 aromatic carbocycles. The summed E-state index contributed by atoms with van der Waals surface area (Å²) in [6, 6.07) is 7.94. The van der Waals surface area contributed by atoms with Gasteiger partial charge >= 0.3 is 0 Å². The molecule has 2 aliphatic heterocycles. The number of hydrogen-bond donors (Lipinski definition) is 1. The monoisotopic (exact) mass is 355 g/mol. The summed E-state index contributed by atoms with van der Waals surface area (Å²) in [6.45, 7) is 1.21. The van der Waals surface area contributed by atoms with Crippen LogP contribution >= 0.6 is 0 Å². The zero-order valence-corrected chi connectivity index (χ0v) is 14.6. The molecule has 2 bridgehead atoms. The number of methoxy groups -OCH3 is 1. The van der Waals surface area contributed by atoms with Gasteiger partial charge in [-0.3, -0.25) is 9.59 Å². The highest BCUT2D eigenvalue weighted by Crippen LogP contribution is 2.53. The van der Waals surface area contributed by atoms with Gasteiger partial charge in [0.1, 0.15) is 5.76 Å². The van der Waals surface area contributed by atoms with E-state index in [0.29, 0.717) is 31.3 Å². The lowest BCUT2D eigenvalue weighted by Crippen LogP contribution is -2.40. The molecule has 136 valence electrons. The summed E-state index contributed by atoms with van der Waals surface area (Å²) in [4.78, 5) is 30.2. The van der Waals surface area contributed by atoms with Gasteiger partial charge in [0.05, 0.1) is 13.0 Å². The molecule has 7 heteroatoms. The fourth-order valence-corrected chi connectivity index (χ4v) is 4.24. The minimum Gasteiger partial charge on any atom is -0.447 e. The van der Waals surface area contributed by atoms with Crippen molar-refractivity contribution in [1.29, 1.82) is 0 Å². The Hall–Kier alpha value is -2.67. The second kappa shape index (κ2) is 6.57. The summed E-state index contributed by atoms with van der Waals surface area (Å²) in [7, 11) is 1.65. The van der Waals surface area contributed by atoms with Crippen molar-refractivity contribution >= 4 is 11.8 Å². The summed E-state index contributed by atoms with van der Waals surface area (Å²) in [6.07, 6.45) is 2.53. The lowest BCUT2D eigenvalue weighted by Gasteiger charge is -2.35. The molecule has 0 radical (unpaired) electrons. The standard InChI is InChI=1S/C19H21N3O4/c1-25-9-12-4-2-3-11(5-12)6-15(23)22-8-13-7-14(22)16(13)18-17(19(20)24)21-10-26-18/h2-5,10,13-14,16H,6-9H2,1H3,(H2,20,24). The normalized spacial score (nSPS) is 23.7. The molecule has 3 fully saturated rings. The molecule has 7 nitrogen and oxygen atoms in total. The van der Waals surface area contributed by atoms with E-state index in [4.69, 9.17) is 14.9 Å². The van der Waals surface area contributed by atoms with Gasteiger partial charge in [-0.05, 0) is 23.5 Å². The molecule has 5 rings (SSSR count). The van der Waals surface area contributed by atoms with E-state index in [1.54, 1.807) is 7.11 Å². The molecule has 2 aromatic rings. The number of nitrogens with zero attached hydrogens (tertiary/aromatic N) is 2. The van der Waals surface area contributed by atoms with Crippen LogP contribution < -0.4 is 5.73 Å². The van der Waals surface area contributed by atoms with Crippen LogP contribution in [-0.4, -0.2) is 41.4 Å². The molecule has 1 aliphatic carbocycles. The molecule has 3 atom stereocenters. The second-order valence-electron chi connectivity index (χ2n) is 6.99. The van der Waals surface area contributed by atoms with Crippen LogP contribution in [-0.2, 0) is 22.6 Å². The molecule has 1 saturated carbocycles. The average Bonchev–Trinajstić information content (AvgIpc) is 3.30. The summed E-state index contributed by atoms with van der Waals surface area (Å²) in [5.41, 5.74) is 7.58. The number of oxazole rings is 1. The minimum atomic E-state index is -0.590. The van der Waals surface area contributed by atoms with Gasteiger partial charge < -0.3 is 19.8 Å². The Kier molecular flexibility index (Phi) is 4.24. The van der Waals surface area contributed by atoms with E-state index in [2.05, 4.69) is 4.98 Å². The third kappa shape index (κ3) is 2.78. The van der Waals surface area contributed by atoms with Crippen molar-refractivity contribution in [2.75, 3.05) is 13.7 Å². The van der Waals surface area contributed by atoms with Crippen LogP contribution in [0.5, 0.6) is 0 Å². The second-order valence-corrected chi connectivity index (χ2v) is 6.99. The molecule has 26 heavy (non-hydrogen) atoms. The zero-order chi connectivity index (χ0) is 18.3. The van der Waals surface area contributed by atoms with Crippen LogP contribution in [0.4, 0.5) is 0 Å². The van der Waals surface area contributed by atoms with Gasteiger partial charge in [-0.15, -0.1) is 0 Å². The topological polar surface area (TPSA) is 98.7 Å². The van der Waals surface area contributed by atoms with Gasteiger partial charge in [0.15, 0.2) is 12.1 Å². The molecule has 1 aromatic heterocycles. The Bertz CT molecular complexity index is 847. The molecule has 2 saturated heterocycles. The van der Waals surface area contributed by atoms with Crippen molar-refractivity contribution in [2.45, 2.75) is 31.4 Å². The molecular formula is C19H21N3O4. The Morgan fingerprint density at radius 3 is 2.96 bits per heavy atom. The Labute approximate surface area is 151 Å². The molecule has 3 aliphatic rings. The minimum absolute atomic E-state index is 0.0174. The van der Waals surface area contributed by atoms with Crippen LogP contribution in [0.15, 0.2) is 35.1 Å². The number of carbonyl (C=O) groups excluding carboxylic acids is 2. The van der Waals surface area contributed by atoms with Crippen molar-refractivity contribution in [2.24, 2.45) is 11.7 Å². The number of rotatable bonds is 6. The number of fused-ring (bicyclic) bond motifs is 1. The first kappa shape index (κ1) is 16.8. The number of primary amides is 1. The number of aromatic nitrogens is 1. The van der Waals surface area contributed by atoms with Crippen molar-refractivity contribution in [3.05, 3.63) is 53.2 Å². The van der Waals surface area contributed by atoms with E-state index < -0.39 is 5.91 Å². The largest absolute Gasteiger partial charge is 0.447 e. The van der Waals surface area contributed by atoms with Crippen molar-refractivity contribution < 1.29 is 18.7 Å². The maximum absolute atomic E-state index is 12.8. The third-order valence-electron chi connectivity index (χ3n) is 5.41. The van der Waals surface area contributed by atoms with E-state index in [9.17, 15) is 9.59 Å². The molecule has 2 N–H and O–H groups in total. The fraction of sp³-hybridized carbons (Fsp3) is 0.421. The SMILES string of the molecule is COCc1cccc(CC(=O)N2CC3CC2C3c2ocnc2C(N)=O)c1. The first-order chi connectivity index (χ1) is 12.6. The fourth-order valence-electron chi connectivity index (χ4n) is 4.24. The maximum Gasteiger partial charge on any atom is 0.270 e. The highest BCUT2D eigenvalue weighted by Gasteiger charge is 2.56. The summed E-state index contributed by atoms with van der Waals surface area (Å²) in [5.74, 6) is 0.345. The van der Waals surface area contributed by atoms with Crippen LogP contribution in [0.2, 0.25) is 0 Å². The Morgan fingerprint density at radius 2 is 2.19 bits per heavy atom. The molecule has 0 spiro atoms. The number of amides is 2. The van der Waals surface area contributed by atoms with Gasteiger partial charge in [0.25, 0.3) is 5.91 Å².